The Kier molecular flexibility index (Phi) is 12.0. The summed E-state index contributed by atoms with van der Waals surface area (Å²) >= 11 is 4.44. The van der Waals surface area contributed by atoms with Crippen molar-refractivity contribution in [2.75, 3.05) is 20.3 Å². The third-order valence-electron chi connectivity index (χ3n) is 6.57. The summed E-state index contributed by atoms with van der Waals surface area (Å²) in [6.45, 7) is 5.71. The van der Waals surface area contributed by atoms with E-state index in [1.165, 1.54) is 12.7 Å². The van der Waals surface area contributed by atoms with Crippen molar-refractivity contribution in [1.82, 2.24) is 16.1 Å². The molecule has 3 amide bonds. The SMILES string of the molecule is CCOC(=O)C1=C(C)NC(=O)N[C@H]1c1ccc(OCC(=O)N/N=C\c2cc(I)c(OCc3ccc(C)cc3)c(I)c2)c(OC)c1. The van der Waals surface area contributed by atoms with E-state index < -0.39 is 23.9 Å². The number of benzene rings is 3. The normalized spacial score (nSPS) is 14.4. The summed E-state index contributed by atoms with van der Waals surface area (Å²) in [5.74, 6) is 0.372. The number of hydrogen-bond donors (Lipinski definition) is 3. The number of halogens is 2. The van der Waals surface area contributed by atoms with Gasteiger partial charge in [-0.2, -0.15) is 5.10 Å². The molecule has 4 rings (SSSR count). The molecule has 45 heavy (non-hydrogen) atoms. The average molecular weight is 838 g/mol. The molecule has 236 valence electrons. The second kappa shape index (κ2) is 15.9. The maximum atomic E-state index is 12.6. The lowest BCUT2D eigenvalue weighted by molar-refractivity contribution is -0.139. The number of ether oxygens (including phenoxy) is 4. The Labute approximate surface area is 288 Å². The summed E-state index contributed by atoms with van der Waals surface area (Å²) in [6.07, 6.45) is 1.55. The van der Waals surface area contributed by atoms with Crippen molar-refractivity contribution in [3.05, 3.63) is 95.3 Å². The number of carbonyl (C=O) groups is 3. The predicted molar refractivity (Wildman–Crippen MR) is 185 cm³/mol. The highest BCUT2D eigenvalue weighted by Crippen LogP contribution is 2.35. The molecule has 0 unspecified atom stereocenters. The van der Waals surface area contributed by atoms with E-state index in [4.69, 9.17) is 18.9 Å². The summed E-state index contributed by atoms with van der Waals surface area (Å²) in [5, 5.41) is 9.40. The minimum Gasteiger partial charge on any atom is -0.493 e. The number of urea groups is 1. The molecule has 0 spiro atoms. The zero-order valence-corrected chi connectivity index (χ0v) is 29.3. The van der Waals surface area contributed by atoms with Crippen LogP contribution in [0.2, 0.25) is 0 Å². The third kappa shape index (κ3) is 9.09. The number of esters is 1. The highest BCUT2D eigenvalue weighted by molar-refractivity contribution is 14.1. The van der Waals surface area contributed by atoms with Crippen LogP contribution in [0.25, 0.3) is 0 Å². The van der Waals surface area contributed by atoms with Gasteiger partial charge in [0.2, 0.25) is 0 Å². The van der Waals surface area contributed by atoms with Gasteiger partial charge in [0.15, 0.2) is 18.1 Å². The van der Waals surface area contributed by atoms with Crippen LogP contribution in [0.1, 0.15) is 42.1 Å². The van der Waals surface area contributed by atoms with E-state index in [0.29, 0.717) is 29.4 Å². The lowest BCUT2D eigenvalue weighted by Gasteiger charge is -2.28. The van der Waals surface area contributed by atoms with Crippen LogP contribution in [0.5, 0.6) is 17.2 Å². The predicted octanol–water partition coefficient (Wildman–Crippen LogP) is 5.51. The van der Waals surface area contributed by atoms with E-state index >= 15 is 0 Å². The molecule has 3 aromatic carbocycles. The van der Waals surface area contributed by atoms with Gasteiger partial charge in [-0.1, -0.05) is 35.9 Å². The molecular weight excluding hydrogens is 806 g/mol. The van der Waals surface area contributed by atoms with Crippen LogP contribution in [-0.4, -0.2) is 44.4 Å². The quantitative estimate of drug-likeness (QED) is 0.0948. The molecule has 3 N–H and O–H groups in total. The second-order valence-electron chi connectivity index (χ2n) is 9.87. The van der Waals surface area contributed by atoms with Crippen LogP contribution < -0.4 is 30.3 Å². The van der Waals surface area contributed by atoms with Gasteiger partial charge in [-0.3, -0.25) is 4.79 Å². The summed E-state index contributed by atoms with van der Waals surface area (Å²) < 4.78 is 24.2. The number of nitrogens with one attached hydrogen (secondary N) is 3. The van der Waals surface area contributed by atoms with Gasteiger partial charge in [0.1, 0.15) is 12.4 Å². The van der Waals surface area contributed by atoms with E-state index in [9.17, 15) is 14.4 Å². The zero-order chi connectivity index (χ0) is 32.5. The van der Waals surface area contributed by atoms with Crippen molar-refractivity contribution in [2.24, 2.45) is 5.10 Å². The smallest absolute Gasteiger partial charge is 0.338 e. The Balaban J connectivity index is 1.35. The van der Waals surface area contributed by atoms with E-state index in [0.717, 1.165) is 24.0 Å². The van der Waals surface area contributed by atoms with Gasteiger partial charge in [-0.15, -0.1) is 0 Å². The Hall–Kier alpha value is -3.86. The molecule has 0 aromatic heterocycles. The number of amides is 3. The highest BCUT2D eigenvalue weighted by atomic mass is 127. The van der Waals surface area contributed by atoms with Gasteiger partial charge in [0.25, 0.3) is 5.91 Å². The minimum absolute atomic E-state index is 0.188. The maximum Gasteiger partial charge on any atom is 0.338 e. The molecule has 1 atom stereocenters. The van der Waals surface area contributed by atoms with Crippen LogP contribution in [0.15, 0.2) is 71.0 Å². The fourth-order valence-electron chi connectivity index (χ4n) is 4.39. The van der Waals surface area contributed by atoms with E-state index in [1.807, 2.05) is 31.2 Å². The van der Waals surface area contributed by atoms with Gasteiger partial charge in [-0.05, 0) is 107 Å². The molecule has 1 heterocycles. The number of hydrogen-bond acceptors (Lipinski definition) is 8. The average Bonchev–Trinajstić information content (AvgIpc) is 3.00. The van der Waals surface area contributed by atoms with Crippen molar-refractivity contribution in [3.63, 3.8) is 0 Å². The second-order valence-corrected chi connectivity index (χ2v) is 12.2. The lowest BCUT2D eigenvalue weighted by atomic mass is 9.95. The zero-order valence-electron chi connectivity index (χ0n) is 25.0. The van der Waals surface area contributed by atoms with E-state index in [1.54, 1.807) is 38.3 Å². The number of nitrogens with zero attached hydrogens (tertiary/aromatic N) is 1. The van der Waals surface area contributed by atoms with Gasteiger partial charge < -0.3 is 29.6 Å². The van der Waals surface area contributed by atoms with E-state index in [2.05, 4.69) is 78.5 Å². The van der Waals surface area contributed by atoms with Crippen LogP contribution in [0.4, 0.5) is 4.79 Å². The number of rotatable bonds is 12. The number of aryl methyl sites for hydroxylation is 1. The highest BCUT2D eigenvalue weighted by Gasteiger charge is 2.32. The Morgan fingerprint density at radius 1 is 1.00 bits per heavy atom. The maximum absolute atomic E-state index is 12.6. The molecule has 0 radical (unpaired) electrons. The van der Waals surface area contributed by atoms with Crippen LogP contribution in [0.3, 0.4) is 0 Å². The Morgan fingerprint density at radius 2 is 1.71 bits per heavy atom. The summed E-state index contributed by atoms with van der Waals surface area (Å²) in [6, 6.07) is 15.7. The van der Waals surface area contributed by atoms with Gasteiger partial charge in [0.05, 0.1) is 38.7 Å². The fourth-order valence-corrected chi connectivity index (χ4v) is 6.52. The first-order valence-corrected chi connectivity index (χ1v) is 16.0. The third-order valence-corrected chi connectivity index (χ3v) is 8.17. The first-order chi connectivity index (χ1) is 21.6. The minimum atomic E-state index is -0.765. The molecule has 11 nitrogen and oxygen atoms in total. The number of carbonyl (C=O) groups excluding carboxylic acids is 3. The standard InChI is InChI=1S/C32H32I2N4O7/c1-5-43-31(40)28-19(3)36-32(41)37-29(28)22-10-11-25(26(14-22)42-4)44-17-27(39)38-35-15-21-12-23(33)30(24(34)13-21)45-16-20-8-6-18(2)7-9-20/h6-15,29H,5,16-17H2,1-4H3,(H,38,39)(H2,36,37,41)/b35-15-/t29-/m0/s1. The van der Waals surface area contributed by atoms with Gasteiger partial charge in [-0.25, -0.2) is 15.0 Å². The molecule has 0 aliphatic carbocycles. The van der Waals surface area contributed by atoms with Crippen LogP contribution >= 0.6 is 45.2 Å². The molecule has 3 aromatic rings. The molecule has 1 aliphatic rings. The number of methoxy groups -OCH3 is 1. The van der Waals surface area contributed by atoms with E-state index in [-0.39, 0.29) is 18.8 Å². The van der Waals surface area contributed by atoms with Crippen LogP contribution in [-0.2, 0) is 20.9 Å². The van der Waals surface area contributed by atoms with Crippen LogP contribution in [0, 0.1) is 14.1 Å². The summed E-state index contributed by atoms with van der Waals surface area (Å²) in [5.41, 5.74) is 6.78. The summed E-state index contributed by atoms with van der Waals surface area (Å²) in [4.78, 5) is 37.3. The van der Waals surface area contributed by atoms with Crippen molar-refractivity contribution in [2.45, 2.75) is 33.4 Å². The molecular formula is C32H32I2N4O7. The first kappa shape index (κ1) is 34.0. The fraction of sp³-hybridized carbons (Fsp3) is 0.250. The monoisotopic (exact) mass is 838 g/mol. The molecule has 13 heteroatoms. The van der Waals surface area contributed by atoms with Crippen molar-refractivity contribution in [1.29, 1.82) is 0 Å². The van der Waals surface area contributed by atoms with Crippen molar-refractivity contribution < 1.29 is 33.3 Å². The van der Waals surface area contributed by atoms with Crippen molar-refractivity contribution in [3.8, 4) is 17.2 Å². The molecule has 0 saturated heterocycles. The molecule has 0 saturated carbocycles. The first-order valence-electron chi connectivity index (χ1n) is 13.8. The largest absolute Gasteiger partial charge is 0.493 e. The molecule has 0 bridgehead atoms. The summed E-state index contributed by atoms with van der Waals surface area (Å²) in [7, 11) is 1.45. The Morgan fingerprint density at radius 3 is 2.38 bits per heavy atom. The van der Waals surface area contributed by atoms with Gasteiger partial charge in [0, 0.05) is 5.70 Å². The molecule has 0 fully saturated rings. The topological polar surface area (TPSA) is 137 Å². The van der Waals surface area contributed by atoms with Crippen molar-refractivity contribution >= 4 is 69.3 Å². The van der Waals surface area contributed by atoms with Gasteiger partial charge >= 0.3 is 12.0 Å². The number of allylic oxidation sites excluding steroid dienone is 1. The number of hydrazone groups is 1. The Bertz CT molecular complexity index is 1620. The molecule has 1 aliphatic heterocycles. The lowest BCUT2D eigenvalue weighted by Crippen LogP contribution is -2.45.